The molecular weight excluding hydrogens is 371 g/mol. The van der Waals surface area contributed by atoms with Crippen molar-refractivity contribution in [2.24, 2.45) is 0 Å². The Morgan fingerprint density at radius 2 is 1.89 bits per heavy atom. The molecule has 1 amide bonds. The van der Waals surface area contributed by atoms with Gasteiger partial charge in [-0.15, -0.1) is 0 Å². The number of carbonyl (C=O) groups excluding carboxylic acids is 1. The summed E-state index contributed by atoms with van der Waals surface area (Å²) in [5.74, 6) is -0.278. The van der Waals surface area contributed by atoms with Gasteiger partial charge in [0.05, 0.1) is 5.57 Å². The van der Waals surface area contributed by atoms with Crippen molar-refractivity contribution in [3.63, 3.8) is 0 Å². The average molecular weight is 385 g/mol. The van der Waals surface area contributed by atoms with E-state index in [9.17, 15) is 9.18 Å². The highest BCUT2D eigenvalue weighted by Gasteiger charge is 2.34. The molecule has 1 atom stereocenters. The lowest BCUT2D eigenvalue weighted by Gasteiger charge is -2.28. The van der Waals surface area contributed by atoms with Crippen molar-refractivity contribution in [1.29, 1.82) is 0 Å². The smallest absolute Gasteiger partial charge is 0.255 e. The molecule has 136 valence electrons. The number of fused-ring (bicyclic) bond motifs is 1. The van der Waals surface area contributed by atoms with Gasteiger partial charge in [-0.1, -0.05) is 28.8 Å². The van der Waals surface area contributed by atoms with Crippen molar-refractivity contribution in [1.82, 2.24) is 20.2 Å². The van der Waals surface area contributed by atoms with Gasteiger partial charge in [0.25, 0.3) is 5.91 Å². The van der Waals surface area contributed by atoms with E-state index in [1.54, 1.807) is 43.3 Å². The maximum atomic E-state index is 13.4. The summed E-state index contributed by atoms with van der Waals surface area (Å²) in [7, 11) is 0. The second kappa shape index (κ2) is 6.81. The van der Waals surface area contributed by atoms with Crippen LogP contribution in [0.15, 0.2) is 59.8 Å². The summed E-state index contributed by atoms with van der Waals surface area (Å²) in [5, 5.41) is 18.0. The number of amides is 1. The molecule has 2 aromatic carbocycles. The van der Waals surface area contributed by atoms with Crippen molar-refractivity contribution < 1.29 is 9.18 Å². The number of hydrogen-bond donors (Lipinski definition) is 2. The predicted octanol–water partition coefficient (Wildman–Crippen LogP) is 3.39. The minimum atomic E-state index is -0.593. The number of benzene rings is 2. The third-order valence-corrected chi connectivity index (χ3v) is 4.50. The molecule has 9 heteroatoms. The molecule has 0 spiro atoms. The molecule has 0 radical (unpaired) electrons. The van der Waals surface area contributed by atoms with E-state index in [1.807, 2.05) is 0 Å². The van der Waals surface area contributed by atoms with Crippen LogP contribution in [-0.4, -0.2) is 26.1 Å². The first-order valence-corrected chi connectivity index (χ1v) is 8.49. The molecule has 1 aromatic heterocycles. The Balaban J connectivity index is 1.74. The van der Waals surface area contributed by atoms with Crippen LogP contribution in [0.2, 0.25) is 5.02 Å². The number of rotatable bonds is 3. The molecule has 1 aliphatic rings. The van der Waals surface area contributed by atoms with Crippen LogP contribution in [0.5, 0.6) is 0 Å². The first-order chi connectivity index (χ1) is 13.0. The van der Waals surface area contributed by atoms with Crippen LogP contribution in [0.4, 0.5) is 16.0 Å². The summed E-state index contributed by atoms with van der Waals surface area (Å²) in [4.78, 5) is 13.0. The maximum Gasteiger partial charge on any atom is 0.255 e. The van der Waals surface area contributed by atoms with Crippen LogP contribution in [0.25, 0.3) is 0 Å². The van der Waals surface area contributed by atoms with E-state index in [2.05, 4.69) is 26.2 Å². The van der Waals surface area contributed by atoms with Gasteiger partial charge in [0.1, 0.15) is 11.9 Å². The summed E-state index contributed by atoms with van der Waals surface area (Å²) in [6, 6.07) is 12.1. The van der Waals surface area contributed by atoms with Gasteiger partial charge in [-0.2, -0.15) is 4.68 Å². The van der Waals surface area contributed by atoms with E-state index in [-0.39, 0.29) is 11.7 Å². The second-order valence-corrected chi connectivity index (χ2v) is 6.46. The standard InChI is InChI=1S/C18H14ClFN6O/c1-10-15(17(27)22-14-8-4-12(19)5-9-14)16(11-2-6-13(20)7-3-11)26-18(21-10)23-24-25-26/h2-9,16H,1H3,(H,22,27)(H,21,23,25)/t16-/m0/s1. The van der Waals surface area contributed by atoms with E-state index in [0.29, 0.717) is 33.5 Å². The van der Waals surface area contributed by atoms with Gasteiger partial charge in [-0.25, -0.2) is 4.39 Å². The van der Waals surface area contributed by atoms with Crippen molar-refractivity contribution in [3.05, 3.63) is 76.2 Å². The molecule has 3 aromatic rings. The maximum absolute atomic E-state index is 13.4. The number of nitrogens with one attached hydrogen (secondary N) is 2. The largest absolute Gasteiger partial charge is 0.326 e. The zero-order chi connectivity index (χ0) is 19.0. The lowest BCUT2D eigenvalue weighted by molar-refractivity contribution is -0.113. The predicted molar refractivity (Wildman–Crippen MR) is 98.8 cm³/mol. The molecule has 0 saturated heterocycles. The molecule has 0 fully saturated rings. The molecule has 4 rings (SSSR count). The van der Waals surface area contributed by atoms with Gasteiger partial charge in [-0.3, -0.25) is 4.79 Å². The topological polar surface area (TPSA) is 84.7 Å². The van der Waals surface area contributed by atoms with Crippen molar-refractivity contribution in [2.45, 2.75) is 13.0 Å². The quantitative estimate of drug-likeness (QED) is 0.723. The number of nitrogens with zero attached hydrogens (tertiary/aromatic N) is 4. The van der Waals surface area contributed by atoms with E-state index < -0.39 is 6.04 Å². The molecule has 7 nitrogen and oxygen atoms in total. The normalized spacial score (nSPS) is 15.9. The number of aromatic nitrogens is 4. The van der Waals surface area contributed by atoms with Gasteiger partial charge in [-0.05, 0) is 59.3 Å². The summed E-state index contributed by atoms with van der Waals surface area (Å²) >= 11 is 5.89. The molecule has 27 heavy (non-hydrogen) atoms. The third-order valence-electron chi connectivity index (χ3n) is 4.25. The lowest BCUT2D eigenvalue weighted by Crippen LogP contribution is -2.31. The number of halogens is 2. The van der Waals surface area contributed by atoms with Crippen LogP contribution >= 0.6 is 11.6 Å². The first kappa shape index (κ1) is 17.2. The van der Waals surface area contributed by atoms with Crippen LogP contribution in [0.1, 0.15) is 18.5 Å². The molecular formula is C18H14ClFN6O. The highest BCUT2D eigenvalue weighted by Crippen LogP contribution is 2.34. The summed E-state index contributed by atoms with van der Waals surface area (Å²) in [6.07, 6.45) is 0. The lowest BCUT2D eigenvalue weighted by atomic mass is 9.95. The monoisotopic (exact) mass is 384 g/mol. The van der Waals surface area contributed by atoms with Crippen LogP contribution in [0.3, 0.4) is 0 Å². The second-order valence-electron chi connectivity index (χ2n) is 6.03. The highest BCUT2D eigenvalue weighted by molar-refractivity contribution is 6.30. The fraction of sp³-hybridized carbons (Fsp3) is 0.111. The van der Waals surface area contributed by atoms with Crippen LogP contribution in [-0.2, 0) is 4.79 Å². The fourth-order valence-electron chi connectivity index (χ4n) is 2.99. The van der Waals surface area contributed by atoms with Gasteiger partial charge in [0.2, 0.25) is 5.95 Å². The van der Waals surface area contributed by atoms with Crippen molar-refractivity contribution >= 4 is 29.1 Å². The number of allylic oxidation sites excluding steroid dienone is 1. The number of hydrogen-bond acceptors (Lipinski definition) is 5. The minimum Gasteiger partial charge on any atom is -0.326 e. The van der Waals surface area contributed by atoms with E-state index in [0.717, 1.165) is 0 Å². The van der Waals surface area contributed by atoms with Crippen molar-refractivity contribution in [2.75, 3.05) is 10.6 Å². The summed E-state index contributed by atoms with van der Waals surface area (Å²) in [6.45, 7) is 1.77. The fourth-order valence-corrected chi connectivity index (χ4v) is 3.12. The van der Waals surface area contributed by atoms with Crippen LogP contribution in [0, 0.1) is 5.82 Å². The molecule has 0 bridgehead atoms. The SMILES string of the molecule is CC1=C(C(=O)Nc2ccc(Cl)cc2)[C@H](c2ccc(F)cc2)n2nnnc2N1. The zero-order valence-electron chi connectivity index (χ0n) is 14.1. The number of anilines is 2. The number of carbonyl (C=O) groups is 1. The zero-order valence-corrected chi connectivity index (χ0v) is 14.9. The Kier molecular flexibility index (Phi) is 4.33. The third kappa shape index (κ3) is 3.26. The first-order valence-electron chi connectivity index (χ1n) is 8.11. The summed E-state index contributed by atoms with van der Waals surface area (Å²) < 4.78 is 14.9. The summed E-state index contributed by atoms with van der Waals surface area (Å²) in [5.41, 5.74) is 2.33. The Hall–Kier alpha value is -3.26. The van der Waals surface area contributed by atoms with E-state index >= 15 is 0 Å². The Morgan fingerprint density at radius 3 is 2.59 bits per heavy atom. The Bertz CT molecular complexity index is 1030. The highest BCUT2D eigenvalue weighted by atomic mass is 35.5. The van der Waals surface area contributed by atoms with E-state index in [4.69, 9.17) is 11.6 Å². The van der Waals surface area contributed by atoms with Gasteiger partial charge in [0, 0.05) is 16.4 Å². The van der Waals surface area contributed by atoms with Gasteiger partial charge in [0.15, 0.2) is 0 Å². The van der Waals surface area contributed by atoms with Crippen LogP contribution < -0.4 is 10.6 Å². The minimum absolute atomic E-state index is 0.321. The molecule has 0 unspecified atom stereocenters. The van der Waals surface area contributed by atoms with Gasteiger partial charge >= 0.3 is 0 Å². The van der Waals surface area contributed by atoms with Gasteiger partial charge < -0.3 is 10.6 Å². The molecule has 1 aliphatic heterocycles. The average Bonchev–Trinajstić information content (AvgIpc) is 3.11. The molecule has 0 aliphatic carbocycles. The molecule has 2 N–H and O–H groups in total. The number of tetrazole rings is 1. The van der Waals surface area contributed by atoms with Crippen molar-refractivity contribution in [3.8, 4) is 0 Å². The Labute approximate surface area is 158 Å². The Morgan fingerprint density at radius 1 is 1.19 bits per heavy atom. The van der Waals surface area contributed by atoms with E-state index in [1.165, 1.54) is 16.8 Å². The molecule has 2 heterocycles. The molecule has 0 saturated carbocycles.